The highest BCUT2D eigenvalue weighted by atomic mass is 35.5. The SMILES string of the molecule is COC(CN)CC(=O)Nc1ccc(Cl)c2ncccc12. The zero-order valence-corrected chi connectivity index (χ0v) is 11.9. The number of halogens is 1. The van der Waals surface area contributed by atoms with Crippen LogP contribution in [0.15, 0.2) is 30.5 Å². The van der Waals surface area contributed by atoms with Gasteiger partial charge >= 0.3 is 0 Å². The van der Waals surface area contributed by atoms with Crippen molar-refractivity contribution in [2.45, 2.75) is 12.5 Å². The minimum absolute atomic E-state index is 0.158. The van der Waals surface area contributed by atoms with Crippen LogP contribution in [0.2, 0.25) is 5.02 Å². The number of ether oxygens (including phenoxy) is 1. The van der Waals surface area contributed by atoms with Gasteiger partial charge in [0.1, 0.15) is 0 Å². The van der Waals surface area contributed by atoms with Gasteiger partial charge < -0.3 is 15.8 Å². The van der Waals surface area contributed by atoms with Gasteiger partial charge in [-0.15, -0.1) is 0 Å². The summed E-state index contributed by atoms with van der Waals surface area (Å²) >= 11 is 6.08. The number of benzene rings is 1. The summed E-state index contributed by atoms with van der Waals surface area (Å²) in [6.07, 6.45) is 1.58. The van der Waals surface area contributed by atoms with Crippen molar-refractivity contribution >= 4 is 34.1 Å². The average Bonchev–Trinajstić information content (AvgIpc) is 2.48. The molecule has 3 N–H and O–H groups in total. The number of methoxy groups -OCH3 is 1. The topological polar surface area (TPSA) is 77.2 Å². The lowest BCUT2D eigenvalue weighted by Crippen LogP contribution is -2.28. The average molecular weight is 294 g/mol. The third-order valence-electron chi connectivity index (χ3n) is 3.00. The van der Waals surface area contributed by atoms with Crippen molar-refractivity contribution in [1.82, 2.24) is 4.98 Å². The second-order valence-corrected chi connectivity index (χ2v) is 4.75. The molecular weight excluding hydrogens is 278 g/mol. The zero-order chi connectivity index (χ0) is 14.5. The van der Waals surface area contributed by atoms with E-state index in [9.17, 15) is 4.79 Å². The Balaban J connectivity index is 2.22. The molecule has 0 aliphatic rings. The van der Waals surface area contributed by atoms with Crippen molar-refractivity contribution in [2.24, 2.45) is 5.73 Å². The van der Waals surface area contributed by atoms with Crippen molar-refractivity contribution in [2.75, 3.05) is 19.0 Å². The van der Waals surface area contributed by atoms with Gasteiger partial charge in [0.05, 0.1) is 28.8 Å². The second-order valence-electron chi connectivity index (χ2n) is 4.34. The van der Waals surface area contributed by atoms with E-state index in [4.69, 9.17) is 22.1 Å². The first-order valence-corrected chi connectivity index (χ1v) is 6.59. The maximum absolute atomic E-state index is 12.0. The van der Waals surface area contributed by atoms with Gasteiger partial charge in [-0.25, -0.2) is 0 Å². The quantitative estimate of drug-likeness (QED) is 0.886. The van der Waals surface area contributed by atoms with Crippen LogP contribution in [0.25, 0.3) is 10.9 Å². The molecule has 0 saturated heterocycles. The molecule has 1 unspecified atom stereocenters. The second kappa shape index (κ2) is 6.65. The first-order valence-electron chi connectivity index (χ1n) is 6.21. The van der Waals surface area contributed by atoms with Crippen LogP contribution in [-0.2, 0) is 9.53 Å². The van der Waals surface area contributed by atoms with Crippen molar-refractivity contribution in [3.05, 3.63) is 35.5 Å². The number of anilines is 1. The molecule has 20 heavy (non-hydrogen) atoms. The minimum atomic E-state index is -0.285. The predicted octanol–water partition coefficient (Wildman–Crippen LogP) is 2.19. The lowest BCUT2D eigenvalue weighted by atomic mass is 10.1. The number of carbonyl (C=O) groups is 1. The number of carbonyl (C=O) groups excluding carboxylic acids is 1. The number of nitrogens with zero attached hydrogens (tertiary/aromatic N) is 1. The monoisotopic (exact) mass is 293 g/mol. The highest BCUT2D eigenvalue weighted by Gasteiger charge is 2.13. The Kier molecular flexibility index (Phi) is 4.89. The summed E-state index contributed by atoms with van der Waals surface area (Å²) < 4.78 is 5.10. The first kappa shape index (κ1) is 14.7. The lowest BCUT2D eigenvalue weighted by Gasteiger charge is -2.13. The number of pyridine rings is 1. The molecule has 0 fully saturated rings. The van der Waals surface area contributed by atoms with Gasteiger partial charge in [0.25, 0.3) is 0 Å². The summed E-state index contributed by atoms with van der Waals surface area (Å²) in [4.78, 5) is 16.2. The standard InChI is InChI=1S/C14H16ClN3O2/c1-20-9(8-16)7-13(19)18-12-5-4-11(15)14-10(12)3-2-6-17-14/h2-6,9H,7-8,16H2,1H3,(H,18,19). The Morgan fingerprint density at radius 2 is 2.30 bits per heavy atom. The molecule has 106 valence electrons. The molecule has 1 atom stereocenters. The van der Waals surface area contributed by atoms with E-state index in [0.717, 1.165) is 5.39 Å². The fourth-order valence-electron chi connectivity index (χ4n) is 1.92. The molecule has 1 amide bonds. The molecule has 6 heteroatoms. The van der Waals surface area contributed by atoms with E-state index in [0.29, 0.717) is 22.8 Å². The van der Waals surface area contributed by atoms with Crippen molar-refractivity contribution < 1.29 is 9.53 Å². The number of amides is 1. The minimum Gasteiger partial charge on any atom is -0.380 e. The number of hydrogen-bond donors (Lipinski definition) is 2. The van der Waals surface area contributed by atoms with E-state index in [1.54, 1.807) is 24.4 Å². The molecule has 0 saturated carbocycles. The molecule has 1 aromatic carbocycles. The fraction of sp³-hybridized carbons (Fsp3) is 0.286. The van der Waals surface area contributed by atoms with Crippen LogP contribution < -0.4 is 11.1 Å². The molecule has 2 aromatic rings. The van der Waals surface area contributed by atoms with Crippen LogP contribution in [0.4, 0.5) is 5.69 Å². The summed E-state index contributed by atoms with van der Waals surface area (Å²) in [5, 5.41) is 4.19. The molecular formula is C14H16ClN3O2. The van der Waals surface area contributed by atoms with Crippen LogP contribution in [0.5, 0.6) is 0 Å². The Hall–Kier alpha value is -1.69. The number of fused-ring (bicyclic) bond motifs is 1. The Bertz CT molecular complexity index is 614. The van der Waals surface area contributed by atoms with Crippen LogP contribution in [0.3, 0.4) is 0 Å². The molecule has 1 aromatic heterocycles. The lowest BCUT2D eigenvalue weighted by molar-refractivity contribution is -0.118. The van der Waals surface area contributed by atoms with E-state index >= 15 is 0 Å². The fourth-order valence-corrected chi connectivity index (χ4v) is 2.13. The normalized spacial score (nSPS) is 12.3. The van der Waals surface area contributed by atoms with Gasteiger partial charge in [-0.3, -0.25) is 9.78 Å². The van der Waals surface area contributed by atoms with E-state index < -0.39 is 0 Å². The number of aromatic nitrogens is 1. The zero-order valence-electron chi connectivity index (χ0n) is 11.1. The highest BCUT2D eigenvalue weighted by molar-refractivity contribution is 6.35. The van der Waals surface area contributed by atoms with Crippen LogP contribution in [0, 0.1) is 0 Å². The molecule has 5 nitrogen and oxygen atoms in total. The third-order valence-corrected chi connectivity index (χ3v) is 3.31. The summed E-state index contributed by atoms with van der Waals surface area (Å²) in [7, 11) is 1.53. The van der Waals surface area contributed by atoms with Crippen LogP contribution >= 0.6 is 11.6 Å². The highest BCUT2D eigenvalue weighted by Crippen LogP contribution is 2.28. The number of rotatable bonds is 5. The predicted molar refractivity (Wildman–Crippen MR) is 79.9 cm³/mol. The van der Waals surface area contributed by atoms with E-state index in [1.807, 2.05) is 6.07 Å². The molecule has 0 radical (unpaired) electrons. The molecule has 0 spiro atoms. The third kappa shape index (κ3) is 3.25. The molecule has 0 aliphatic heterocycles. The molecule has 0 bridgehead atoms. The smallest absolute Gasteiger partial charge is 0.227 e. The van der Waals surface area contributed by atoms with E-state index in [1.165, 1.54) is 7.11 Å². The number of nitrogens with two attached hydrogens (primary N) is 1. The Morgan fingerprint density at radius 3 is 3.00 bits per heavy atom. The summed E-state index contributed by atoms with van der Waals surface area (Å²) in [5.74, 6) is -0.158. The summed E-state index contributed by atoms with van der Waals surface area (Å²) in [5.41, 5.74) is 6.84. The maximum atomic E-state index is 12.0. The van der Waals surface area contributed by atoms with Gasteiger partial charge in [-0.05, 0) is 24.3 Å². The van der Waals surface area contributed by atoms with Gasteiger partial charge in [0, 0.05) is 25.2 Å². The van der Waals surface area contributed by atoms with E-state index in [-0.39, 0.29) is 18.4 Å². The number of hydrogen-bond acceptors (Lipinski definition) is 4. The molecule has 1 heterocycles. The maximum Gasteiger partial charge on any atom is 0.227 e. The molecule has 2 rings (SSSR count). The molecule has 0 aliphatic carbocycles. The summed E-state index contributed by atoms with van der Waals surface area (Å²) in [6.45, 7) is 0.298. The Labute approximate surface area is 122 Å². The van der Waals surface area contributed by atoms with Crippen LogP contribution in [-0.4, -0.2) is 30.6 Å². The van der Waals surface area contributed by atoms with Crippen LogP contribution in [0.1, 0.15) is 6.42 Å². The van der Waals surface area contributed by atoms with Gasteiger partial charge in [0.2, 0.25) is 5.91 Å². The largest absolute Gasteiger partial charge is 0.380 e. The first-order chi connectivity index (χ1) is 9.65. The number of nitrogens with one attached hydrogen (secondary N) is 1. The van der Waals surface area contributed by atoms with Crippen molar-refractivity contribution in [3.8, 4) is 0 Å². The van der Waals surface area contributed by atoms with E-state index in [2.05, 4.69) is 10.3 Å². The van der Waals surface area contributed by atoms with Gasteiger partial charge in [0.15, 0.2) is 0 Å². The van der Waals surface area contributed by atoms with Gasteiger partial charge in [-0.2, -0.15) is 0 Å². The van der Waals surface area contributed by atoms with Crippen molar-refractivity contribution in [3.63, 3.8) is 0 Å². The van der Waals surface area contributed by atoms with Gasteiger partial charge in [-0.1, -0.05) is 11.6 Å². The summed E-state index contributed by atoms with van der Waals surface area (Å²) in [6, 6.07) is 7.13. The van der Waals surface area contributed by atoms with Crippen molar-refractivity contribution in [1.29, 1.82) is 0 Å². The Morgan fingerprint density at radius 1 is 1.50 bits per heavy atom.